The van der Waals surface area contributed by atoms with E-state index in [1.54, 1.807) is 23.1 Å². The van der Waals surface area contributed by atoms with Crippen LogP contribution in [0.1, 0.15) is 6.42 Å². The molecule has 1 N–H and O–H groups in total. The normalized spacial score (nSPS) is 18.1. The first kappa shape index (κ1) is 17.6. The average Bonchev–Trinajstić information content (AvgIpc) is 3.15. The molecule has 2 aliphatic rings. The minimum atomic E-state index is -0.408. The van der Waals surface area contributed by atoms with Crippen molar-refractivity contribution in [3.05, 3.63) is 60.7 Å². The maximum Gasteiger partial charge on any atom is 0.229 e. The van der Waals surface area contributed by atoms with Crippen LogP contribution in [0.15, 0.2) is 60.7 Å². The Morgan fingerprint density at radius 1 is 0.966 bits per heavy atom. The zero-order valence-corrected chi connectivity index (χ0v) is 15.8. The van der Waals surface area contributed by atoms with Crippen molar-refractivity contribution in [2.75, 3.05) is 30.0 Å². The Bertz CT molecular complexity index is 1110. The number of rotatable bonds is 3. The molecule has 2 heterocycles. The number of carbonyl (C=O) groups excluding carboxylic acids is 2. The van der Waals surface area contributed by atoms with Gasteiger partial charge in [0, 0.05) is 30.1 Å². The molecule has 1 saturated heterocycles. The van der Waals surface area contributed by atoms with Gasteiger partial charge in [0.2, 0.25) is 11.8 Å². The fourth-order valence-electron chi connectivity index (χ4n) is 3.93. The lowest BCUT2D eigenvalue weighted by atomic mass is 10.1. The van der Waals surface area contributed by atoms with Crippen LogP contribution in [0.5, 0.6) is 11.5 Å². The summed E-state index contributed by atoms with van der Waals surface area (Å²) in [5.74, 6) is 0.678. The first-order valence-electron chi connectivity index (χ1n) is 9.68. The van der Waals surface area contributed by atoms with Crippen molar-refractivity contribution >= 4 is 34.0 Å². The maximum atomic E-state index is 12.8. The molecule has 29 heavy (non-hydrogen) atoms. The maximum absolute atomic E-state index is 12.8. The molecule has 1 unspecified atom stereocenters. The molecule has 6 heteroatoms. The fraction of sp³-hybridized carbons (Fsp3) is 0.217. The number of nitrogens with one attached hydrogen (secondary N) is 1. The summed E-state index contributed by atoms with van der Waals surface area (Å²) < 4.78 is 11.1. The highest BCUT2D eigenvalue weighted by molar-refractivity contribution is 6.08. The average molecular weight is 388 g/mol. The van der Waals surface area contributed by atoms with Crippen LogP contribution in [0.2, 0.25) is 0 Å². The summed E-state index contributed by atoms with van der Waals surface area (Å²) in [5.41, 5.74) is 1.48. The van der Waals surface area contributed by atoms with Gasteiger partial charge in [-0.15, -0.1) is 0 Å². The van der Waals surface area contributed by atoms with E-state index in [0.29, 0.717) is 36.9 Å². The fourth-order valence-corrected chi connectivity index (χ4v) is 3.93. The summed E-state index contributed by atoms with van der Waals surface area (Å²) in [6.07, 6.45) is 0.194. The molecule has 0 saturated carbocycles. The molecule has 146 valence electrons. The predicted octanol–water partition coefficient (Wildman–Crippen LogP) is 3.60. The number of amides is 2. The number of benzene rings is 3. The SMILES string of the molecule is O=C(Nc1ccc2c(c1)OCCO2)C1CC(=O)N(c2cccc3ccccc23)C1. The smallest absolute Gasteiger partial charge is 0.229 e. The lowest BCUT2D eigenvalue weighted by molar-refractivity contribution is -0.122. The number of nitrogens with zero attached hydrogens (tertiary/aromatic N) is 1. The van der Waals surface area contributed by atoms with Crippen LogP contribution in [0.3, 0.4) is 0 Å². The van der Waals surface area contributed by atoms with Gasteiger partial charge in [-0.25, -0.2) is 0 Å². The lowest BCUT2D eigenvalue weighted by Gasteiger charge is -2.20. The van der Waals surface area contributed by atoms with Gasteiger partial charge in [-0.1, -0.05) is 36.4 Å². The zero-order chi connectivity index (χ0) is 19.8. The van der Waals surface area contributed by atoms with Crippen molar-refractivity contribution < 1.29 is 19.1 Å². The van der Waals surface area contributed by atoms with Gasteiger partial charge in [0.25, 0.3) is 0 Å². The minimum Gasteiger partial charge on any atom is -0.486 e. The molecule has 0 radical (unpaired) electrons. The summed E-state index contributed by atoms with van der Waals surface area (Å²) in [7, 11) is 0. The molecule has 0 bridgehead atoms. The van der Waals surface area contributed by atoms with Gasteiger partial charge in [0.15, 0.2) is 11.5 Å². The number of anilines is 2. The molecule has 1 fully saturated rings. The highest BCUT2D eigenvalue weighted by Crippen LogP contribution is 2.34. The second-order valence-corrected chi connectivity index (χ2v) is 7.25. The monoisotopic (exact) mass is 388 g/mol. The molecule has 5 rings (SSSR count). The summed E-state index contributed by atoms with van der Waals surface area (Å²) in [6.45, 7) is 1.37. The van der Waals surface area contributed by atoms with Crippen molar-refractivity contribution in [3.63, 3.8) is 0 Å². The molecule has 0 aromatic heterocycles. The quantitative estimate of drug-likeness (QED) is 0.744. The van der Waals surface area contributed by atoms with Crippen LogP contribution in [0.4, 0.5) is 11.4 Å². The molecule has 1 atom stereocenters. The van der Waals surface area contributed by atoms with Crippen LogP contribution in [0.25, 0.3) is 10.8 Å². The van der Waals surface area contributed by atoms with Crippen LogP contribution in [0, 0.1) is 5.92 Å². The molecule has 2 aliphatic heterocycles. The predicted molar refractivity (Wildman–Crippen MR) is 110 cm³/mol. The van der Waals surface area contributed by atoms with E-state index >= 15 is 0 Å². The molecule has 3 aromatic rings. The molecule has 0 spiro atoms. The first-order valence-corrected chi connectivity index (χ1v) is 9.68. The molecular weight excluding hydrogens is 368 g/mol. The summed E-state index contributed by atoms with van der Waals surface area (Å²) in [4.78, 5) is 27.2. The molecule has 2 amide bonds. The van der Waals surface area contributed by atoms with Gasteiger partial charge in [-0.2, -0.15) is 0 Å². The molecule has 0 aliphatic carbocycles. The Hall–Kier alpha value is -3.54. The number of hydrogen-bond acceptors (Lipinski definition) is 4. The van der Waals surface area contributed by atoms with E-state index in [2.05, 4.69) is 5.32 Å². The Kier molecular flexibility index (Phi) is 4.31. The second kappa shape index (κ2) is 7.13. The van der Waals surface area contributed by atoms with E-state index in [-0.39, 0.29) is 18.2 Å². The number of carbonyl (C=O) groups is 2. The van der Waals surface area contributed by atoms with Crippen LogP contribution in [-0.4, -0.2) is 31.6 Å². The Morgan fingerprint density at radius 3 is 2.66 bits per heavy atom. The Balaban J connectivity index is 1.34. The van der Waals surface area contributed by atoms with Crippen molar-refractivity contribution in [2.24, 2.45) is 5.92 Å². The van der Waals surface area contributed by atoms with Gasteiger partial charge >= 0.3 is 0 Å². The van der Waals surface area contributed by atoms with E-state index in [4.69, 9.17) is 9.47 Å². The topological polar surface area (TPSA) is 67.9 Å². The van der Waals surface area contributed by atoms with Gasteiger partial charge in [-0.3, -0.25) is 9.59 Å². The van der Waals surface area contributed by atoms with E-state index in [1.807, 2.05) is 42.5 Å². The van der Waals surface area contributed by atoms with E-state index in [1.165, 1.54) is 0 Å². The Morgan fingerprint density at radius 2 is 1.76 bits per heavy atom. The number of hydrogen-bond donors (Lipinski definition) is 1. The third-order valence-electron chi connectivity index (χ3n) is 5.36. The zero-order valence-electron chi connectivity index (χ0n) is 15.8. The molecule has 3 aromatic carbocycles. The summed E-state index contributed by atoms with van der Waals surface area (Å²) in [5, 5.41) is 4.99. The van der Waals surface area contributed by atoms with Crippen molar-refractivity contribution in [1.82, 2.24) is 0 Å². The highest BCUT2D eigenvalue weighted by atomic mass is 16.6. The standard InChI is InChI=1S/C23H20N2O4/c26-22-12-16(14-25(22)19-7-3-5-15-4-1-2-6-18(15)19)23(27)24-17-8-9-20-21(13-17)29-11-10-28-20/h1-9,13,16H,10-12,14H2,(H,24,27). The van der Waals surface area contributed by atoms with Gasteiger partial charge in [-0.05, 0) is 23.6 Å². The van der Waals surface area contributed by atoms with Crippen LogP contribution >= 0.6 is 0 Å². The third kappa shape index (κ3) is 3.27. The van der Waals surface area contributed by atoms with E-state index in [0.717, 1.165) is 16.5 Å². The first-order chi connectivity index (χ1) is 14.2. The second-order valence-electron chi connectivity index (χ2n) is 7.25. The Labute approximate surface area is 168 Å². The van der Waals surface area contributed by atoms with Gasteiger partial charge in [0.1, 0.15) is 13.2 Å². The largest absolute Gasteiger partial charge is 0.486 e. The summed E-state index contributed by atoms with van der Waals surface area (Å²) in [6, 6.07) is 19.2. The van der Waals surface area contributed by atoms with Crippen LogP contribution in [-0.2, 0) is 9.59 Å². The molecule has 6 nitrogen and oxygen atoms in total. The summed E-state index contributed by atoms with van der Waals surface area (Å²) >= 11 is 0. The van der Waals surface area contributed by atoms with Gasteiger partial charge in [0.05, 0.1) is 11.6 Å². The third-order valence-corrected chi connectivity index (χ3v) is 5.36. The van der Waals surface area contributed by atoms with Crippen molar-refractivity contribution in [1.29, 1.82) is 0 Å². The minimum absolute atomic E-state index is 0.0383. The number of fused-ring (bicyclic) bond motifs is 2. The van der Waals surface area contributed by atoms with Crippen molar-refractivity contribution in [2.45, 2.75) is 6.42 Å². The van der Waals surface area contributed by atoms with Crippen molar-refractivity contribution in [3.8, 4) is 11.5 Å². The molecular formula is C23H20N2O4. The van der Waals surface area contributed by atoms with Crippen LogP contribution < -0.4 is 19.7 Å². The van der Waals surface area contributed by atoms with E-state index < -0.39 is 5.92 Å². The lowest BCUT2D eigenvalue weighted by Crippen LogP contribution is -2.28. The van der Waals surface area contributed by atoms with E-state index in [9.17, 15) is 9.59 Å². The number of ether oxygens (including phenoxy) is 2. The van der Waals surface area contributed by atoms with Gasteiger partial charge < -0.3 is 19.7 Å². The highest BCUT2D eigenvalue weighted by Gasteiger charge is 2.35.